The lowest BCUT2D eigenvalue weighted by atomic mass is 10.1. The Kier molecular flexibility index (Phi) is 5.01. The minimum Gasteiger partial charge on any atom is -0.486 e. The Morgan fingerprint density at radius 1 is 1.26 bits per heavy atom. The van der Waals surface area contributed by atoms with E-state index in [1.54, 1.807) is 11.8 Å². The number of carbonyl (C=O) groups is 1. The third kappa shape index (κ3) is 4.10. The van der Waals surface area contributed by atoms with Crippen LogP contribution in [0, 0.1) is 0 Å². The molecule has 0 N–H and O–H groups in total. The molecule has 1 amide bonds. The molecule has 1 aromatic carbocycles. The highest BCUT2D eigenvalue weighted by Crippen LogP contribution is 2.42. The van der Waals surface area contributed by atoms with Crippen LogP contribution < -0.4 is 9.47 Å². The van der Waals surface area contributed by atoms with Crippen molar-refractivity contribution in [2.24, 2.45) is 0 Å². The van der Waals surface area contributed by atoms with Crippen LogP contribution in [0.15, 0.2) is 18.2 Å². The quantitative estimate of drug-likeness (QED) is 0.827. The predicted octanol–water partition coefficient (Wildman–Crippen LogP) is 3.56. The highest BCUT2D eigenvalue weighted by atomic mass is 32.2. The van der Waals surface area contributed by atoms with Crippen molar-refractivity contribution in [3.8, 4) is 11.5 Å². The standard InChI is InChI=1S/C17H23NO3S2/c1-17(2,3)23-9-6-18-15(19)11-22-16(18)12-4-5-13-14(10-12)21-8-7-20-13/h4-5,10,16H,6-9,11H2,1-3H3. The fraction of sp³-hybridized carbons (Fsp3) is 0.588. The zero-order chi connectivity index (χ0) is 16.4. The summed E-state index contributed by atoms with van der Waals surface area (Å²) >= 11 is 3.59. The fourth-order valence-corrected chi connectivity index (χ4v) is 4.74. The molecule has 1 atom stereocenters. The minimum atomic E-state index is 0.0823. The molecule has 2 aliphatic heterocycles. The van der Waals surface area contributed by atoms with E-state index in [0.717, 1.165) is 29.4 Å². The van der Waals surface area contributed by atoms with Gasteiger partial charge in [0.2, 0.25) is 5.91 Å². The van der Waals surface area contributed by atoms with E-state index < -0.39 is 0 Å². The van der Waals surface area contributed by atoms with Crippen molar-refractivity contribution in [2.45, 2.75) is 30.9 Å². The lowest BCUT2D eigenvalue weighted by Crippen LogP contribution is -2.31. The second kappa shape index (κ2) is 6.85. The summed E-state index contributed by atoms with van der Waals surface area (Å²) in [5.41, 5.74) is 1.12. The van der Waals surface area contributed by atoms with Crippen LogP contribution in [0.5, 0.6) is 11.5 Å². The van der Waals surface area contributed by atoms with Crippen LogP contribution in [0.25, 0.3) is 0 Å². The summed E-state index contributed by atoms with van der Waals surface area (Å²) in [6.45, 7) is 8.58. The molecular weight excluding hydrogens is 330 g/mol. The predicted molar refractivity (Wildman–Crippen MR) is 96.6 cm³/mol. The van der Waals surface area contributed by atoms with Gasteiger partial charge in [0.1, 0.15) is 18.6 Å². The first-order valence-electron chi connectivity index (χ1n) is 7.89. The number of rotatable bonds is 4. The van der Waals surface area contributed by atoms with Crippen molar-refractivity contribution in [1.29, 1.82) is 0 Å². The third-order valence-corrected chi connectivity index (χ3v) is 6.20. The number of ether oxygens (including phenoxy) is 2. The molecule has 1 fully saturated rings. The fourth-order valence-electron chi connectivity index (χ4n) is 2.64. The summed E-state index contributed by atoms with van der Waals surface area (Å²) in [5, 5.41) is 0.0823. The Hall–Kier alpha value is -1.01. The van der Waals surface area contributed by atoms with Crippen LogP contribution >= 0.6 is 23.5 Å². The van der Waals surface area contributed by atoms with Crippen molar-refractivity contribution < 1.29 is 14.3 Å². The van der Waals surface area contributed by atoms with Crippen molar-refractivity contribution in [3.05, 3.63) is 23.8 Å². The van der Waals surface area contributed by atoms with Gasteiger partial charge in [-0.1, -0.05) is 26.8 Å². The van der Waals surface area contributed by atoms with Gasteiger partial charge in [-0.2, -0.15) is 11.8 Å². The Morgan fingerprint density at radius 2 is 2.00 bits per heavy atom. The number of carbonyl (C=O) groups excluding carboxylic acids is 1. The zero-order valence-electron chi connectivity index (χ0n) is 13.8. The average Bonchev–Trinajstić information content (AvgIpc) is 2.87. The third-order valence-electron chi connectivity index (χ3n) is 3.69. The summed E-state index contributed by atoms with van der Waals surface area (Å²) in [6.07, 6.45) is 0. The molecular formula is C17H23NO3S2. The number of thioether (sulfide) groups is 2. The number of hydrogen-bond donors (Lipinski definition) is 0. The van der Waals surface area contributed by atoms with Gasteiger partial charge in [-0.25, -0.2) is 0 Å². The molecule has 126 valence electrons. The summed E-state index contributed by atoms with van der Waals surface area (Å²) < 4.78 is 11.5. The largest absolute Gasteiger partial charge is 0.486 e. The second-order valence-corrected chi connectivity index (χ2v) is 9.60. The van der Waals surface area contributed by atoms with Crippen molar-refractivity contribution in [3.63, 3.8) is 0 Å². The number of amides is 1. The Labute approximate surface area is 146 Å². The Morgan fingerprint density at radius 3 is 2.74 bits per heavy atom. The van der Waals surface area contributed by atoms with Crippen LogP contribution in [0.4, 0.5) is 0 Å². The van der Waals surface area contributed by atoms with E-state index in [1.807, 2.05) is 34.9 Å². The minimum absolute atomic E-state index is 0.0823. The van der Waals surface area contributed by atoms with Gasteiger partial charge in [0.25, 0.3) is 0 Å². The van der Waals surface area contributed by atoms with Gasteiger partial charge in [0.15, 0.2) is 11.5 Å². The number of hydrogen-bond acceptors (Lipinski definition) is 5. The molecule has 1 aromatic rings. The Balaban J connectivity index is 1.71. The number of benzene rings is 1. The van der Waals surface area contributed by atoms with Gasteiger partial charge in [0.05, 0.1) is 5.75 Å². The van der Waals surface area contributed by atoms with Gasteiger partial charge in [-0.15, -0.1) is 11.8 Å². The van der Waals surface area contributed by atoms with Gasteiger partial charge >= 0.3 is 0 Å². The van der Waals surface area contributed by atoms with E-state index in [9.17, 15) is 4.79 Å². The highest BCUT2D eigenvalue weighted by Gasteiger charge is 2.33. The molecule has 2 heterocycles. The lowest BCUT2D eigenvalue weighted by Gasteiger charge is -2.27. The van der Waals surface area contributed by atoms with Crippen LogP contribution in [0.1, 0.15) is 31.7 Å². The second-order valence-electron chi connectivity index (χ2n) is 6.61. The molecule has 3 rings (SSSR count). The van der Waals surface area contributed by atoms with Crippen LogP contribution in [0.3, 0.4) is 0 Å². The normalized spacial score (nSPS) is 20.9. The molecule has 0 bridgehead atoms. The van der Waals surface area contributed by atoms with E-state index in [2.05, 4.69) is 20.8 Å². The van der Waals surface area contributed by atoms with Gasteiger partial charge in [0, 0.05) is 17.0 Å². The maximum atomic E-state index is 12.2. The average molecular weight is 354 g/mol. The van der Waals surface area contributed by atoms with E-state index in [1.165, 1.54) is 0 Å². The number of nitrogens with zero attached hydrogens (tertiary/aromatic N) is 1. The maximum absolute atomic E-state index is 12.2. The Bertz CT molecular complexity index is 586. The molecule has 0 aliphatic carbocycles. The van der Waals surface area contributed by atoms with E-state index in [4.69, 9.17) is 9.47 Å². The van der Waals surface area contributed by atoms with Crippen LogP contribution in [0.2, 0.25) is 0 Å². The van der Waals surface area contributed by atoms with Gasteiger partial charge < -0.3 is 14.4 Å². The summed E-state index contributed by atoms with van der Waals surface area (Å²) in [6, 6.07) is 6.03. The van der Waals surface area contributed by atoms with Gasteiger partial charge in [-0.3, -0.25) is 4.79 Å². The van der Waals surface area contributed by atoms with Crippen molar-refractivity contribution >= 4 is 29.4 Å². The SMILES string of the molecule is CC(C)(C)SCCN1C(=O)CSC1c1ccc2c(c1)OCCO2. The molecule has 0 saturated carbocycles. The van der Waals surface area contributed by atoms with Gasteiger partial charge in [-0.05, 0) is 17.7 Å². The smallest absolute Gasteiger partial charge is 0.233 e. The molecule has 1 unspecified atom stereocenters. The highest BCUT2D eigenvalue weighted by molar-refractivity contribution is 8.01. The molecule has 0 radical (unpaired) electrons. The van der Waals surface area contributed by atoms with E-state index >= 15 is 0 Å². The molecule has 0 spiro atoms. The van der Waals surface area contributed by atoms with Crippen LogP contribution in [-0.2, 0) is 4.79 Å². The molecule has 6 heteroatoms. The first-order chi connectivity index (χ1) is 10.9. The first-order valence-corrected chi connectivity index (χ1v) is 9.92. The van der Waals surface area contributed by atoms with E-state index in [-0.39, 0.29) is 16.0 Å². The molecule has 4 nitrogen and oxygen atoms in total. The molecule has 2 aliphatic rings. The van der Waals surface area contributed by atoms with Crippen LogP contribution in [-0.4, -0.2) is 46.8 Å². The summed E-state index contributed by atoms with van der Waals surface area (Å²) in [4.78, 5) is 14.2. The number of fused-ring (bicyclic) bond motifs is 1. The zero-order valence-corrected chi connectivity index (χ0v) is 15.5. The van der Waals surface area contributed by atoms with Crippen molar-refractivity contribution in [2.75, 3.05) is 31.3 Å². The first kappa shape index (κ1) is 16.8. The lowest BCUT2D eigenvalue weighted by molar-refractivity contribution is -0.127. The summed E-state index contributed by atoms with van der Waals surface area (Å²) in [5.74, 6) is 3.32. The monoisotopic (exact) mass is 353 g/mol. The maximum Gasteiger partial charge on any atom is 0.233 e. The molecule has 23 heavy (non-hydrogen) atoms. The van der Waals surface area contributed by atoms with E-state index in [0.29, 0.717) is 19.0 Å². The topological polar surface area (TPSA) is 38.8 Å². The molecule has 1 saturated heterocycles. The molecule has 0 aromatic heterocycles. The summed E-state index contributed by atoms with van der Waals surface area (Å²) in [7, 11) is 0. The van der Waals surface area contributed by atoms with Crippen molar-refractivity contribution in [1.82, 2.24) is 4.90 Å².